The van der Waals surface area contributed by atoms with E-state index in [-0.39, 0.29) is 18.1 Å². The lowest BCUT2D eigenvalue weighted by atomic mass is 10.1. The lowest BCUT2D eigenvalue weighted by molar-refractivity contribution is -0.141. The second-order valence-electron chi connectivity index (χ2n) is 5.71. The molecular formula is C17H19N5O3S2. The number of hydrogen-bond acceptors (Lipinski definition) is 7. The molecule has 10 heteroatoms. The van der Waals surface area contributed by atoms with Gasteiger partial charge in [-0.3, -0.25) is 4.79 Å². The third-order valence-electron chi connectivity index (χ3n) is 3.79. The molecule has 0 radical (unpaired) electrons. The lowest BCUT2D eigenvalue weighted by Crippen LogP contribution is -2.43. The van der Waals surface area contributed by atoms with Crippen LogP contribution >= 0.6 is 23.1 Å². The third kappa shape index (κ3) is 4.98. The Balaban J connectivity index is 1.58. The van der Waals surface area contributed by atoms with Gasteiger partial charge in [0.25, 0.3) is 0 Å². The highest BCUT2D eigenvalue weighted by Gasteiger charge is 2.22. The molecule has 0 saturated heterocycles. The number of H-pyrrole nitrogens is 1. The third-order valence-corrected chi connectivity index (χ3v) is 5.81. The molecule has 1 atom stereocenters. The van der Waals surface area contributed by atoms with Crippen molar-refractivity contribution >= 4 is 51.0 Å². The number of carboxylic acids is 1. The molecule has 0 saturated carbocycles. The van der Waals surface area contributed by atoms with E-state index >= 15 is 0 Å². The molecule has 3 rings (SSSR count). The number of aromatic nitrogens is 3. The summed E-state index contributed by atoms with van der Waals surface area (Å²) in [5.41, 5.74) is 1.79. The van der Waals surface area contributed by atoms with Crippen molar-refractivity contribution in [2.75, 3.05) is 17.6 Å². The maximum absolute atomic E-state index is 12.2. The largest absolute Gasteiger partial charge is 0.480 e. The molecule has 1 amide bonds. The molecule has 0 aliphatic heterocycles. The zero-order valence-corrected chi connectivity index (χ0v) is 16.2. The quantitative estimate of drug-likeness (QED) is 0.403. The Labute approximate surface area is 163 Å². The van der Waals surface area contributed by atoms with Crippen molar-refractivity contribution < 1.29 is 14.7 Å². The van der Waals surface area contributed by atoms with Gasteiger partial charge in [0.1, 0.15) is 6.04 Å². The number of carboxylic acid groups (broad SMARTS) is 1. The highest BCUT2D eigenvalue weighted by atomic mass is 32.2. The van der Waals surface area contributed by atoms with Crippen molar-refractivity contribution in [3.05, 3.63) is 36.0 Å². The number of anilines is 1. The second-order valence-corrected chi connectivity index (χ2v) is 7.91. The molecule has 4 N–H and O–H groups in total. The number of para-hydroxylation sites is 1. The van der Waals surface area contributed by atoms with Crippen molar-refractivity contribution in [1.29, 1.82) is 0 Å². The van der Waals surface area contributed by atoms with Gasteiger partial charge < -0.3 is 20.7 Å². The van der Waals surface area contributed by atoms with E-state index in [1.807, 2.05) is 31.2 Å². The zero-order valence-electron chi connectivity index (χ0n) is 14.6. The smallest absolute Gasteiger partial charge is 0.326 e. The highest BCUT2D eigenvalue weighted by Crippen LogP contribution is 2.25. The van der Waals surface area contributed by atoms with Crippen molar-refractivity contribution in [3.63, 3.8) is 0 Å². The van der Waals surface area contributed by atoms with Crippen LogP contribution in [-0.2, 0) is 16.0 Å². The maximum Gasteiger partial charge on any atom is 0.326 e. The maximum atomic E-state index is 12.2. The molecule has 0 fully saturated rings. The van der Waals surface area contributed by atoms with Crippen LogP contribution in [-0.4, -0.2) is 50.5 Å². The van der Waals surface area contributed by atoms with Crippen LogP contribution in [0.1, 0.15) is 12.5 Å². The van der Waals surface area contributed by atoms with E-state index in [9.17, 15) is 14.7 Å². The Hall–Kier alpha value is -2.59. The molecule has 27 heavy (non-hydrogen) atoms. The fourth-order valence-electron chi connectivity index (χ4n) is 2.57. The minimum atomic E-state index is -1.07. The van der Waals surface area contributed by atoms with Crippen molar-refractivity contribution in [2.24, 2.45) is 0 Å². The van der Waals surface area contributed by atoms with E-state index in [1.165, 1.54) is 23.1 Å². The summed E-state index contributed by atoms with van der Waals surface area (Å²) in [6.45, 7) is 2.70. The molecule has 0 bridgehead atoms. The molecule has 0 aliphatic carbocycles. The van der Waals surface area contributed by atoms with E-state index in [2.05, 4.69) is 25.8 Å². The Kier molecular flexibility index (Phi) is 6.30. The lowest BCUT2D eigenvalue weighted by Gasteiger charge is -2.13. The second kappa shape index (κ2) is 8.87. The van der Waals surface area contributed by atoms with E-state index < -0.39 is 12.0 Å². The number of fused-ring (bicyclic) bond motifs is 1. The number of nitrogens with one attached hydrogen (secondary N) is 3. The monoisotopic (exact) mass is 405 g/mol. The van der Waals surface area contributed by atoms with E-state index in [0.717, 1.165) is 23.0 Å². The van der Waals surface area contributed by atoms with Gasteiger partial charge in [0, 0.05) is 30.1 Å². The first-order valence-electron chi connectivity index (χ1n) is 8.34. The number of carbonyl (C=O) groups is 2. The number of aromatic amines is 1. The first kappa shape index (κ1) is 19.2. The molecular weight excluding hydrogens is 386 g/mol. The summed E-state index contributed by atoms with van der Waals surface area (Å²) in [6, 6.07) is 6.66. The number of amides is 1. The topological polar surface area (TPSA) is 120 Å². The minimum absolute atomic E-state index is 0.0818. The van der Waals surface area contributed by atoms with Gasteiger partial charge in [-0.25, -0.2) is 4.79 Å². The van der Waals surface area contributed by atoms with Crippen molar-refractivity contribution in [1.82, 2.24) is 20.5 Å². The summed E-state index contributed by atoms with van der Waals surface area (Å²) in [5.74, 6) is -1.34. The fraction of sp³-hybridized carbons (Fsp3) is 0.294. The number of benzene rings is 1. The van der Waals surface area contributed by atoms with Crippen LogP contribution in [0.15, 0.2) is 34.8 Å². The van der Waals surface area contributed by atoms with Crippen LogP contribution in [0.4, 0.5) is 5.13 Å². The van der Waals surface area contributed by atoms with Crippen LogP contribution < -0.4 is 10.6 Å². The number of hydrogen-bond donors (Lipinski definition) is 4. The average molecular weight is 406 g/mol. The average Bonchev–Trinajstić information content (AvgIpc) is 3.27. The summed E-state index contributed by atoms with van der Waals surface area (Å²) in [7, 11) is 0. The SMILES string of the molecule is CCNc1nnc(SCC(=O)N[C@@H](Cc2c[nH]c3ccccc23)C(=O)O)s1. The fourth-order valence-corrected chi connectivity index (χ4v) is 4.21. The summed E-state index contributed by atoms with van der Waals surface area (Å²) >= 11 is 2.59. The van der Waals surface area contributed by atoms with Crippen LogP contribution in [0.2, 0.25) is 0 Å². The van der Waals surface area contributed by atoms with Crippen LogP contribution in [0.3, 0.4) is 0 Å². The van der Waals surface area contributed by atoms with Gasteiger partial charge in [0.2, 0.25) is 11.0 Å². The van der Waals surface area contributed by atoms with Gasteiger partial charge in [-0.15, -0.1) is 10.2 Å². The van der Waals surface area contributed by atoms with E-state index in [4.69, 9.17) is 0 Å². The van der Waals surface area contributed by atoms with Gasteiger partial charge in [0.05, 0.1) is 5.75 Å². The summed E-state index contributed by atoms with van der Waals surface area (Å²) in [6.07, 6.45) is 1.99. The molecule has 8 nitrogen and oxygen atoms in total. The summed E-state index contributed by atoms with van der Waals surface area (Å²) < 4.78 is 0.657. The molecule has 0 spiro atoms. The summed E-state index contributed by atoms with van der Waals surface area (Å²) in [5, 5.41) is 24.7. The van der Waals surface area contributed by atoms with Crippen molar-refractivity contribution in [3.8, 4) is 0 Å². The number of thioether (sulfide) groups is 1. The molecule has 2 heterocycles. The number of nitrogens with zero attached hydrogens (tertiary/aromatic N) is 2. The molecule has 142 valence electrons. The number of aliphatic carboxylic acids is 1. The van der Waals surface area contributed by atoms with Gasteiger partial charge in [0.15, 0.2) is 4.34 Å². The molecule has 1 aromatic carbocycles. The molecule has 0 unspecified atom stereocenters. The first-order chi connectivity index (χ1) is 13.1. The summed E-state index contributed by atoms with van der Waals surface area (Å²) in [4.78, 5) is 26.9. The normalized spacial score (nSPS) is 12.0. The Bertz CT molecular complexity index is 939. The number of rotatable bonds is 9. The van der Waals surface area contributed by atoms with Gasteiger partial charge >= 0.3 is 5.97 Å². The van der Waals surface area contributed by atoms with Crippen molar-refractivity contribution in [2.45, 2.75) is 23.7 Å². The Morgan fingerprint density at radius 2 is 2.15 bits per heavy atom. The van der Waals surface area contributed by atoms with Crippen LogP contribution in [0.25, 0.3) is 10.9 Å². The standard InChI is InChI=1S/C17H19N5O3S2/c1-2-18-16-21-22-17(27-16)26-9-14(23)20-13(15(24)25)7-10-8-19-12-6-4-3-5-11(10)12/h3-6,8,13,19H,2,7,9H2,1H3,(H,18,21)(H,20,23)(H,24,25)/t13-/m0/s1. The zero-order chi connectivity index (χ0) is 19.2. The molecule has 2 aromatic heterocycles. The van der Waals surface area contributed by atoms with Gasteiger partial charge in [-0.05, 0) is 18.6 Å². The van der Waals surface area contributed by atoms with Gasteiger partial charge in [-0.2, -0.15) is 0 Å². The Morgan fingerprint density at radius 3 is 2.93 bits per heavy atom. The number of carbonyl (C=O) groups excluding carboxylic acids is 1. The predicted molar refractivity (Wildman–Crippen MR) is 106 cm³/mol. The Morgan fingerprint density at radius 1 is 1.33 bits per heavy atom. The molecule has 3 aromatic rings. The predicted octanol–water partition coefficient (Wildman–Crippen LogP) is 2.36. The van der Waals surface area contributed by atoms with E-state index in [0.29, 0.717) is 9.47 Å². The first-order valence-corrected chi connectivity index (χ1v) is 10.1. The highest BCUT2D eigenvalue weighted by molar-refractivity contribution is 8.01. The van der Waals surface area contributed by atoms with E-state index in [1.54, 1.807) is 6.20 Å². The molecule has 0 aliphatic rings. The van der Waals surface area contributed by atoms with Crippen LogP contribution in [0.5, 0.6) is 0 Å². The minimum Gasteiger partial charge on any atom is -0.480 e. The van der Waals surface area contributed by atoms with Crippen LogP contribution in [0, 0.1) is 0 Å². The van der Waals surface area contributed by atoms with Gasteiger partial charge in [-0.1, -0.05) is 41.3 Å².